The first-order valence-corrected chi connectivity index (χ1v) is 9.29. The summed E-state index contributed by atoms with van der Waals surface area (Å²) in [6.07, 6.45) is 2.86. The van der Waals surface area contributed by atoms with Gasteiger partial charge in [-0.3, -0.25) is 4.79 Å². The second-order valence-corrected chi connectivity index (χ2v) is 6.67. The Labute approximate surface area is 170 Å². The quantitative estimate of drug-likeness (QED) is 0.490. The lowest BCUT2D eigenvalue weighted by Crippen LogP contribution is -2.36. The molecule has 0 saturated heterocycles. The van der Waals surface area contributed by atoms with Gasteiger partial charge in [0.25, 0.3) is 5.91 Å². The van der Waals surface area contributed by atoms with Crippen molar-refractivity contribution >= 4 is 23.6 Å². The van der Waals surface area contributed by atoms with E-state index in [0.29, 0.717) is 5.92 Å². The van der Waals surface area contributed by atoms with Crippen molar-refractivity contribution < 1.29 is 18.7 Å². The third kappa shape index (κ3) is 6.58. The zero-order valence-corrected chi connectivity index (χ0v) is 16.5. The van der Waals surface area contributed by atoms with E-state index in [2.05, 4.69) is 13.8 Å². The molecule has 0 spiro atoms. The number of carbonyl (C=O) groups is 2. The zero-order valence-electron chi connectivity index (χ0n) is 16.5. The van der Waals surface area contributed by atoms with E-state index in [4.69, 9.17) is 10.00 Å². The van der Waals surface area contributed by atoms with Gasteiger partial charge in [0, 0.05) is 12.6 Å². The summed E-state index contributed by atoms with van der Waals surface area (Å²) in [6, 6.07) is 15.4. The van der Waals surface area contributed by atoms with Gasteiger partial charge in [0.05, 0.1) is 18.2 Å². The van der Waals surface area contributed by atoms with Crippen molar-refractivity contribution in [2.24, 2.45) is 0 Å². The number of halogens is 1. The SMILES string of the molecule is CC(C)c1ccc(/C=C/C(=O)OCC(=O)N(CCC#N)c2ccccc2F)cc1. The van der Waals surface area contributed by atoms with Gasteiger partial charge in [0.2, 0.25) is 0 Å². The first-order valence-electron chi connectivity index (χ1n) is 9.29. The lowest BCUT2D eigenvalue weighted by atomic mass is 10.0. The summed E-state index contributed by atoms with van der Waals surface area (Å²) in [5, 5.41) is 8.78. The fraction of sp³-hybridized carbons (Fsp3) is 0.261. The molecule has 0 aliphatic rings. The summed E-state index contributed by atoms with van der Waals surface area (Å²) in [5.74, 6) is -1.45. The lowest BCUT2D eigenvalue weighted by Gasteiger charge is -2.21. The Morgan fingerprint density at radius 1 is 1.17 bits per heavy atom. The first-order chi connectivity index (χ1) is 13.9. The third-order valence-corrected chi connectivity index (χ3v) is 4.24. The van der Waals surface area contributed by atoms with Crippen molar-refractivity contribution in [3.63, 3.8) is 0 Å². The summed E-state index contributed by atoms with van der Waals surface area (Å²) in [7, 11) is 0. The molecule has 150 valence electrons. The zero-order chi connectivity index (χ0) is 21.2. The fourth-order valence-electron chi connectivity index (χ4n) is 2.63. The topological polar surface area (TPSA) is 70.4 Å². The molecule has 5 nitrogen and oxygen atoms in total. The highest BCUT2D eigenvalue weighted by atomic mass is 19.1. The minimum Gasteiger partial charge on any atom is -0.452 e. The molecule has 6 heteroatoms. The van der Waals surface area contributed by atoms with Gasteiger partial charge < -0.3 is 9.64 Å². The summed E-state index contributed by atoms with van der Waals surface area (Å²) in [4.78, 5) is 25.5. The number of anilines is 1. The number of ether oxygens (including phenoxy) is 1. The minimum absolute atomic E-state index is 0.00581. The molecule has 1 amide bonds. The van der Waals surface area contributed by atoms with Crippen LogP contribution in [0.5, 0.6) is 0 Å². The second-order valence-electron chi connectivity index (χ2n) is 6.67. The molecule has 2 rings (SSSR count). The summed E-state index contributed by atoms with van der Waals surface area (Å²) in [5.41, 5.74) is 2.07. The number of nitriles is 1. The van der Waals surface area contributed by atoms with Gasteiger partial charge in [-0.15, -0.1) is 0 Å². The third-order valence-electron chi connectivity index (χ3n) is 4.24. The highest BCUT2D eigenvalue weighted by Gasteiger charge is 2.19. The van der Waals surface area contributed by atoms with Crippen LogP contribution >= 0.6 is 0 Å². The second kappa shape index (κ2) is 10.8. The molecule has 0 aromatic heterocycles. The number of nitrogens with zero attached hydrogens (tertiary/aromatic N) is 2. The molecule has 0 aliphatic heterocycles. The largest absolute Gasteiger partial charge is 0.452 e. The Morgan fingerprint density at radius 2 is 1.86 bits per heavy atom. The van der Waals surface area contributed by atoms with Gasteiger partial charge in [0.1, 0.15) is 5.82 Å². The normalized spacial score (nSPS) is 10.7. The molecular formula is C23H23FN2O3. The van der Waals surface area contributed by atoms with E-state index < -0.39 is 24.3 Å². The standard InChI is InChI=1S/C23H23FN2O3/c1-17(2)19-11-8-18(9-12-19)10-13-23(28)29-16-22(27)26(15-5-14-25)21-7-4-3-6-20(21)24/h3-4,6-13,17H,5,15-16H2,1-2H3/b13-10+. The number of esters is 1. The summed E-state index contributed by atoms with van der Waals surface area (Å²) in [6.45, 7) is 3.65. The van der Waals surface area contributed by atoms with Crippen LogP contribution in [0.15, 0.2) is 54.6 Å². The Hall–Kier alpha value is -3.46. The average Bonchev–Trinajstić information content (AvgIpc) is 2.72. The fourth-order valence-corrected chi connectivity index (χ4v) is 2.63. The van der Waals surface area contributed by atoms with E-state index in [1.165, 1.54) is 29.8 Å². The van der Waals surface area contributed by atoms with E-state index in [9.17, 15) is 14.0 Å². The number of rotatable bonds is 8. The van der Waals surface area contributed by atoms with Crippen molar-refractivity contribution in [1.82, 2.24) is 0 Å². The van der Waals surface area contributed by atoms with Gasteiger partial charge in [0.15, 0.2) is 6.61 Å². The number of benzene rings is 2. The van der Waals surface area contributed by atoms with Crippen LogP contribution in [-0.2, 0) is 14.3 Å². The summed E-state index contributed by atoms with van der Waals surface area (Å²) >= 11 is 0. The van der Waals surface area contributed by atoms with Gasteiger partial charge >= 0.3 is 5.97 Å². The number of amides is 1. The first kappa shape index (κ1) is 21.8. The van der Waals surface area contributed by atoms with Crippen LogP contribution in [0.2, 0.25) is 0 Å². The van der Waals surface area contributed by atoms with Crippen LogP contribution in [0.1, 0.15) is 37.3 Å². The molecule has 0 heterocycles. The molecule has 0 unspecified atom stereocenters. The van der Waals surface area contributed by atoms with E-state index in [1.54, 1.807) is 12.1 Å². The molecule has 0 N–H and O–H groups in total. The van der Waals surface area contributed by atoms with Crippen molar-refractivity contribution in [1.29, 1.82) is 5.26 Å². The monoisotopic (exact) mass is 394 g/mol. The van der Waals surface area contributed by atoms with E-state index in [0.717, 1.165) is 10.5 Å². The van der Waals surface area contributed by atoms with Crippen LogP contribution in [0.25, 0.3) is 6.08 Å². The molecule has 0 bridgehead atoms. The highest BCUT2D eigenvalue weighted by Crippen LogP contribution is 2.19. The van der Waals surface area contributed by atoms with Crippen molar-refractivity contribution in [2.75, 3.05) is 18.1 Å². The molecule has 0 fully saturated rings. The molecule has 2 aromatic carbocycles. The van der Waals surface area contributed by atoms with Gasteiger partial charge in [-0.05, 0) is 35.3 Å². The molecule has 0 atom stereocenters. The minimum atomic E-state index is -0.681. The Morgan fingerprint density at radius 3 is 2.48 bits per heavy atom. The van der Waals surface area contributed by atoms with Gasteiger partial charge in [-0.25, -0.2) is 9.18 Å². The Kier molecular flexibility index (Phi) is 8.11. The number of hydrogen-bond donors (Lipinski definition) is 0. The van der Waals surface area contributed by atoms with E-state index in [-0.39, 0.29) is 18.7 Å². The molecular weight excluding hydrogens is 371 g/mol. The number of para-hydroxylation sites is 1. The predicted molar refractivity (Wildman–Crippen MR) is 110 cm³/mol. The molecule has 0 radical (unpaired) electrons. The maximum Gasteiger partial charge on any atom is 0.331 e. The average molecular weight is 394 g/mol. The van der Waals surface area contributed by atoms with Crippen LogP contribution in [-0.4, -0.2) is 25.0 Å². The van der Waals surface area contributed by atoms with Crippen LogP contribution in [0.3, 0.4) is 0 Å². The Balaban J connectivity index is 1.97. The van der Waals surface area contributed by atoms with Crippen molar-refractivity contribution in [3.8, 4) is 6.07 Å². The lowest BCUT2D eigenvalue weighted by molar-refractivity contribution is -0.142. The number of carbonyl (C=O) groups excluding carboxylic acids is 2. The molecule has 0 saturated carbocycles. The molecule has 29 heavy (non-hydrogen) atoms. The Bertz CT molecular complexity index is 914. The maximum atomic E-state index is 14.0. The maximum absolute atomic E-state index is 14.0. The van der Waals surface area contributed by atoms with Gasteiger partial charge in [-0.1, -0.05) is 50.2 Å². The summed E-state index contributed by atoms with van der Waals surface area (Å²) < 4.78 is 19.0. The number of hydrogen-bond acceptors (Lipinski definition) is 4. The smallest absolute Gasteiger partial charge is 0.331 e. The molecule has 0 aliphatic carbocycles. The van der Waals surface area contributed by atoms with Crippen LogP contribution in [0.4, 0.5) is 10.1 Å². The molecule has 2 aromatic rings. The van der Waals surface area contributed by atoms with E-state index >= 15 is 0 Å². The van der Waals surface area contributed by atoms with Crippen LogP contribution in [0, 0.1) is 17.1 Å². The van der Waals surface area contributed by atoms with Gasteiger partial charge in [-0.2, -0.15) is 5.26 Å². The van der Waals surface area contributed by atoms with E-state index in [1.807, 2.05) is 30.3 Å². The highest BCUT2D eigenvalue weighted by molar-refractivity contribution is 5.96. The van der Waals surface area contributed by atoms with Crippen molar-refractivity contribution in [3.05, 3.63) is 71.6 Å². The predicted octanol–water partition coefficient (Wildman–Crippen LogP) is 4.45. The van der Waals surface area contributed by atoms with Crippen LogP contribution < -0.4 is 4.90 Å². The van der Waals surface area contributed by atoms with Crippen molar-refractivity contribution in [2.45, 2.75) is 26.2 Å².